The van der Waals surface area contributed by atoms with E-state index in [1.165, 1.54) is 0 Å². The summed E-state index contributed by atoms with van der Waals surface area (Å²) in [6.07, 6.45) is -0.945. The van der Waals surface area contributed by atoms with Crippen LogP contribution in [0.25, 0.3) is 0 Å². The number of hydrogen-bond acceptors (Lipinski definition) is 1. The Hall–Kier alpha value is -0.180. The number of ether oxygens (including phenoxy) is 1. The lowest BCUT2D eigenvalue weighted by Gasteiger charge is -2.20. The molecule has 3 heteroatoms. The average molecular weight is 166 g/mol. The molecule has 0 aliphatic heterocycles. The molecule has 0 bridgehead atoms. The monoisotopic (exact) mass is 166 g/mol. The molecule has 0 aliphatic carbocycles. The molecule has 0 amide bonds. The molecule has 68 valence electrons. The Balaban J connectivity index is 3.62. The third-order valence-corrected chi connectivity index (χ3v) is 1.69. The highest BCUT2D eigenvalue weighted by molar-refractivity contribution is 4.60. The van der Waals surface area contributed by atoms with Crippen molar-refractivity contribution >= 4 is 0 Å². The van der Waals surface area contributed by atoms with Crippen molar-refractivity contribution in [3.63, 3.8) is 0 Å². The maximum atomic E-state index is 11.9. The van der Waals surface area contributed by atoms with E-state index >= 15 is 0 Å². The molecule has 0 N–H and O–H groups in total. The van der Waals surface area contributed by atoms with Crippen LogP contribution in [0.15, 0.2) is 0 Å². The molecule has 0 heterocycles. The maximum Gasteiger partial charge on any atom is 0.118 e. The fourth-order valence-electron chi connectivity index (χ4n) is 0.575. The third-order valence-electron chi connectivity index (χ3n) is 1.69. The average Bonchev–Trinajstić information content (AvgIpc) is 1.99. The van der Waals surface area contributed by atoms with Crippen molar-refractivity contribution in [3.8, 4) is 0 Å². The molecular weight excluding hydrogens is 150 g/mol. The first kappa shape index (κ1) is 10.8. The van der Waals surface area contributed by atoms with E-state index in [2.05, 4.69) is 0 Å². The van der Waals surface area contributed by atoms with Gasteiger partial charge in [-0.3, -0.25) is 0 Å². The van der Waals surface area contributed by atoms with Gasteiger partial charge >= 0.3 is 0 Å². The van der Waals surface area contributed by atoms with Crippen LogP contribution in [0.3, 0.4) is 0 Å². The predicted octanol–water partition coefficient (Wildman–Crippen LogP) is 2.36. The zero-order valence-electron chi connectivity index (χ0n) is 7.31. The summed E-state index contributed by atoms with van der Waals surface area (Å²) in [5.74, 6) is 0.301. The van der Waals surface area contributed by atoms with E-state index in [1.54, 1.807) is 0 Å². The Morgan fingerprint density at radius 3 is 1.82 bits per heavy atom. The van der Waals surface area contributed by atoms with Crippen LogP contribution in [0.1, 0.15) is 20.8 Å². The van der Waals surface area contributed by atoms with Crippen molar-refractivity contribution in [2.24, 2.45) is 5.92 Å². The van der Waals surface area contributed by atoms with Crippen molar-refractivity contribution in [2.45, 2.75) is 33.0 Å². The van der Waals surface area contributed by atoms with Crippen molar-refractivity contribution in [1.29, 1.82) is 0 Å². The standard InChI is InChI=1S/C8H16F2O/c1-6(2)7(3)11-8(4-9)5-10/h6-8H,4-5H2,1-3H3. The zero-order valence-corrected chi connectivity index (χ0v) is 7.31. The van der Waals surface area contributed by atoms with Crippen LogP contribution in [0.5, 0.6) is 0 Å². The lowest BCUT2D eigenvalue weighted by molar-refractivity contribution is -0.0452. The maximum absolute atomic E-state index is 11.9. The van der Waals surface area contributed by atoms with E-state index in [1.807, 2.05) is 20.8 Å². The molecule has 0 spiro atoms. The van der Waals surface area contributed by atoms with E-state index in [0.717, 1.165) is 0 Å². The van der Waals surface area contributed by atoms with E-state index in [4.69, 9.17) is 4.74 Å². The summed E-state index contributed by atoms with van der Waals surface area (Å²) < 4.78 is 28.9. The van der Waals surface area contributed by atoms with E-state index in [0.29, 0.717) is 5.92 Å². The molecule has 0 rings (SSSR count). The molecule has 0 aliphatic rings. The van der Waals surface area contributed by atoms with Crippen molar-refractivity contribution in [2.75, 3.05) is 13.3 Å². The van der Waals surface area contributed by atoms with E-state index < -0.39 is 19.5 Å². The van der Waals surface area contributed by atoms with Gasteiger partial charge in [-0.2, -0.15) is 0 Å². The lowest BCUT2D eigenvalue weighted by atomic mass is 10.1. The minimum atomic E-state index is -0.868. The molecule has 0 fully saturated rings. The summed E-state index contributed by atoms with van der Waals surface area (Å²) >= 11 is 0. The van der Waals surface area contributed by atoms with E-state index in [9.17, 15) is 8.78 Å². The van der Waals surface area contributed by atoms with E-state index in [-0.39, 0.29) is 6.10 Å². The smallest absolute Gasteiger partial charge is 0.118 e. The zero-order chi connectivity index (χ0) is 8.85. The van der Waals surface area contributed by atoms with Gasteiger partial charge in [0, 0.05) is 0 Å². The van der Waals surface area contributed by atoms with Gasteiger partial charge in [-0.05, 0) is 12.8 Å². The first-order valence-electron chi connectivity index (χ1n) is 3.89. The topological polar surface area (TPSA) is 9.23 Å². The van der Waals surface area contributed by atoms with Crippen LogP contribution >= 0.6 is 0 Å². The molecule has 1 unspecified atom stereocenters. The molecule has 11 heavy (non-hydrogen) atoms. The highest BCUT2D eigenvalue weighted by Crippen LogP contribution is 2.09. The van der Waals surface area contributed by atoms with Crippen molar-refractivity contribution in [1.82, 2.24) is 0 Å². The number of hydrogen-bond donors (Lipinski definition) is 0. The van der Waals surface area contributed by atoms with Gasteiger partial charge in [-0.1, -0.05) is 13.8 Å². The number of alkyl halides is 2. The fourth-order valence-corrected chi connectivity index (χ4v) is 0.575. The highest BCUT2D eigenvalue weighted by Gasteiger charge is 2.14. The first-order valence-corrected chi connectivity index (χ1v) is 3.89. The Morgan fingerprint density at radius 2 is 1.55 bits per heavy atom. The molecule has 0 aromatic rings. The van der Waals surface area contributed by atoms with Crippen LogP contribution in [-0.4, -0.2) is 25.6 Å². The van der Waals surface area contributed by atoms with Crippen LogP contribution in [0.2, 0.25) is 0 Å². The predicted molar refractivity (Wildman–Crippen MR) is 41.1 cm³/mol. The van der Waals surface area contributed by atoms with Gasteiger partial charge in [0.05, 0.1) is 6.10 Å². The number of rotatable bonds is 5. The summed E-state index contributed by atoms with van der Waals surface area (Å²) in [4.78, 5) is 0. The van der Waals surface area contributed by atoms with Crippen LogP contribution < -0.4 is 0 Å². The first-order chi connectivity index (χ1) is 5.11. The molecule has 0 radical (unpaired) electrons. The molecule has 1 atom stereocenters. The summed E-state index contributed by atoms with van der Waals surface area (Å²) in [6, 6.07) is 0. The number of halogens is 2. The molecule has 0 saturated heterocycles. The Labute approximate surface area is 66.7 Å². The second-order valence-corrected chi connectivity index (χ2v) is 3.02. The molecule has 0 saturated carbocycles. The van der Waals surface area contributed by atoms with Crippen LogP contribution in [0, 0.1) is 5.92 Å². The summed E-state index contributed by atoms with van der Waals surface area (Å²) in [7, 11) is 0. The quantitative estimate of drug-likeness (QED) is 0.609. The summed E-state index contributed by atoms with van der Waals surface area (Å²) in [6.45, 7) is 4.25. The highest BCUT2D eigenvalue weighted by atomic mass is 19.1. The van der Waals surface area contributed by atoms with Crippen LogP contribution in [-0.2, 0) is 4.74 Å². The SMILES string of the molecule is CC(C)C(C)OC(CF)CF. The molecule has 0 aromatic heterocycles. The fraction of sp³-hybridized carbons (Fsp3) is 1.00. The van der Waals surface area contributed by atoms with Gasteiger partial charge in [0.25, 0.3) is 0 Å². The minimum absolute atomic E-state index is 0.0773. The molecule has 1 nitrogen and oxygen atoms in total. The molecule has 0 aromatic carbocycles. The second kappa shape index (κ2) is 5.47. The van der Waals surface area contributed by atoms with Gasteiger partial charge < -0.3 is 4.74 Å². The normalized spacial score (nSPS) is 14.5. The van der Waals surface area contributed by atoms with Gasteiger partial charge in [0.2, 0.25) is 0 Å². The summed E-state index contributed by atoms with van der Waals surface area (Å²) in [5.41, 5.74) is 0. The van der Waals surface area contributed by atoms with Gasteiger partial charge in [0.15, 0.2) is 0 Å². The summed E-state index contributed by atoms with van der Waals surface area (Å²) in [5, 5.41) is 0. The van der Waals surface area contributed by atoms with Crippen molar-refractivity contribution in [3.05, 3.63) is 0 Å². The van der Waals surface area contributed by atoms with Gasteiger partial charge in [0.1, 0.15) is 19.5 Å². The Morgan fingerprint density at radius 1 is 1.09 bits per heavy atom. The Kier molecular flexibility index (Phi) is 5.38. The van der Waals surface area contributed by atoms with Crippen LogP contribution in [0.4, 0.5) is 8.78 Å². The van der Waals surface area contributed by atoms with Gasteiger partial charge in [-0.25, -0.2) is 8.78 Å². The van der Waals surface area contributed by atoms with Gasteiger partial charge in [-0.15, -0.1) is 0 Å². The minimum Gasteiger partial charge on any atom is -0.370 e. The second-order valence-electron chi connectivity index (χ2n) is 3.02. The lowest BCUT2D eigenvalue weighted by Crippen LogP contribution is -2.26. The third kappa shape index (κ3) is 4.30. The molecular formula is C8H16F2O. The Bertz CT molecular complexity index is 92.1. The largest absolute Gasteiger partial charge is 0.370 e. The van der Waals surface area contributed by atoms with Crippen molar-refractivity contribution < 1.29 is 13.5 Å².